The van der Waals surface area contributed by atoms with Crippen LogP contribution in [0, 0.1) is 0 Å². The smallest absolute Gasteiger partial charge is 0.339 e. The Bertz CT molecular complexity index is 568. The van der Waals surface area contributed by atoms with Crippen LogP contribution in [0.4, 0.5) is 13.2 Å². The number of halogens is 3. The lowest BCUT2D eigenvalue weighted by molar-refractivity contribution is -0.0328. The van der Waals surface area contributed by atoms with Gasteiger partial charge in [0.15, 0.2) is 5.82 Å². The Hall–Kier alpha value is -1.54. The molecule has 8 heteroatoms. The van der Waals surface area contributed by atoms with Crippen LogP contribution in [0.2, 0.25) is 0 Å². The van der Waals surface area contributed by atoms with E-state index in [1.54, 1.807) is 0 Å². The number of aryl methyl sites for hydroxylation is 1. The number of hydrogen-bond donors (Lipinski definition) is 1. The minimum atomic E-state index is -4.30. The molecular formula is C12H12F3N3OS. The predicted molar refractivity (Wildman–Crippen MR) is 68.1 cm³/mol. The van der Waals surface area contributed by atoms with Crippen LogP contribution in [0.25, 0.3) is 0 Å². The molecule has 0 aliphatic rings. The van der Waals surface area contributed by atoms with Gasteiger partial charge in [-0.15, -0.1) is 0 Å². The third-order valence-corrected chi connectivity index (χ3v) is 3.28. The van der Waals surface area contributed by atoms with Crippen molar-refractivity contribution in [3.05, 3.63) is 41.5 Å². The van der Waals surface area contributed by atoms with Crippen molar-refractivity contribution in [3.8, 4) is 0 Å². The monoisotopic (exact) mass is 303 g/mol. The van der Waals surface area contributed by atoms with Gasteiger partial charge >= 0.3 is 5.51 Å². The van der Waals surface area contributed by atoms with Gasteiger partial charge in [0.25, 0.3) is 0 Å². The van der Waals surface area contributed by atoms with Crippen molar-refractivity contribution in [1.29, 1.82) is 0 Å². The van der Waals surface area contributed by atoms with E-state index in [1.165, 1.54) is 24.3 Å². The second-order valence-electron chi connectivity index (χ2n) is 3.99. The molecule has 0 saturated heterocycles. The second-order valence-corrected chi connectivity index (χ2v) is 5.13. The van der Waals surface area contributed by atoms with Crippen LogP contribution in [-0.2, 0) is 6.42 Å². The minimum absolute atomic E-state index is 0.107. The first-order valence-corrected chi connectivity index (χ1v) is 6.64. The second kappa shape index (κ2) is 5.84. The Labute approximate surface area is 117 Å². The third-order valence-electron chi connectivity index (χ3n) is 2.54. The molecular weight excluding hydrogens is 291 g/mol. The molecule has 1 heterocycles. The van der Waals surface area contributed by atoms with Crippen LogP contribution in [-0.4, -0.2) is 15.6 Å². The Morgan fingerprint density at radius 2 is 1.95 bits per heavy atom. The molecule has 0 fully saturated rings. The zero-order valence-electron chi connectivity index (χ0n) is 10.5. The molecule has 1 aromatic carbocycles. The summed E-state index contributed by atoms with van der Waals surface area (Å²) in [5.41, 5.74) is 2.27. The van der Waals surface area contributed by atoms with Gasteiger partial charge in [0.05, 0.1) is 6.04 Å². The van der Waals surface area contributed by atoms with Crippen LogP contribution < -0.4 is 5.73 Å². The molecule has 2 rings (SSSR count). The molecule has 1 aromatic heterocycles. The van der Waals surface area contributed by atoms with E-state index in [4.69, 9.17) is 10.3 Å². The molecule has 0 amide bonds. The molecule has 0 spiro atoms. The van der Waals surface area contributed by atoms with E-state index >= 15 is 0 Å². The maximum absolute atomic E-state index is 12.2. The molecule has 1 atom stereocenters. The van der Waals surface area contributed by atoms with Crippen molar-refractivity contribution < 1.29 is 17.7 Å². The number of alkyl halides is 3. The average molecular weight is 303 g/mol. The third kappa shape index (κ3) is 3.73. The fourth-order valence-corrected chi connectivity index (χ4v) is 2.10. The number of rotatable bonds is 4. The number of nitrogens with zero attached hydrogens (tertiary/aromatic N) is 2. The lowest BCUT2D eigenvalue weighted by atomic mass is 10.1. The average Bonchev–Trinajstić information content (AvgIpc) is 2.85. The molecule has 4 nitrogen and oxygen atoms in total. The van der Waals surface area contributed by atoms with E-state index in [0.29, 0.717) is 23.7 Å². The standard InChI is InChI=1S/C12H12F3N3OS/c1-2-9-17-11(18-19-9)10(16)7-3-5-8(6-4-7)20-12(13,14)15/h3-6,10H,2,16H2,1H3. The van der Waals surface area contributed by atoms with Gasteiger partial charge in [-0.05, 0) is 29.5 Å². The fourth-order valence-electron chi connectivity index (χ4n) is 1.56. The van der Waals surface area contributed by atoms with Crippen molar-refractivity contribution in [3.63, 3.8) is 0 Å². The van der Waals surface area contributed by atoms with Crippen molar-refractivity contribution >= 4 is 11.8 Å². The zero-order chi connectivity index (χ0) is 14.8. The number of hydrogen-bond acceptors (Lipinski definition) is 5. The zero-order valence-corrected chi connectivity index (χ0v) is 11.3. The molecule has 0 bridgehead atoms. The summed E-state index contributed by atoms with van der Waals surface area (Å²) in [5, 5.41) is 3.75. The first-order valence-electron chi connectivity index (χ1n) is 5.83. The van der Waals surface area contributed by atoms with Crippen molar-refractivity contribution in [2.24, 2.45) is 5.73 Å². The highest BCUT2D eigenvalue weighted by molar-refractivity contribution is 8.00. The number of aromatic nitrogens is 2. The van der Waals surface area contributed by atoms with Crippen LogP contribution in [0.3, 0.4) is 0 Å². The maximum Gasteiger partial charge on any atom is 0.446 e. The Morgan fingerprint density at radius 3 is 2.45 bits per heavy atom. The summed E-state index contributed by atoms with van der Waals surface area (Å²) < 4.78 is 41.6. The molecule has 20 heavy (non-hydrogen) atoms. The lowest BCUT2D eigenvalue weighted by Gasteiger charge is -2.09. The van der Waals surface area contributed by atoms with Gasteiger partial charge < -0.3 is 10.3 Å². The first-order chi connectivity index (χ1) is 9.39. The molecule has 0 radical (unpaired) electrons. The summed E-state index contributed by atoms with van der Waals surface area (Å²) in [6, 6.07) is 5.17. The highest BCUT2D eigenvalue weighted by atomic mass is 32.2. The molecule has 1 unspecified atom stereocenters. The molecule has 0 saturated carbocycles. The Morgan fingerprint density at radius 1 is 1.30 bits per heavy atom. The van der Waals surface area contributed by atoms with Gasteiger partial charge in [-0.1, -0.05) is 24.2 Å². The highest BCUT2D eigenvalue weighted by Gasteiger charge is 2.29. The molecule has 2 N–H and O–H groups in total. The van der Waals surface area contributed by atoms with Crippen LogP contribution in [0.15, 0.2) is 33.7 Å². The summed E-state index contributed by atoms with van der Waals surface area (Å²) in [5.74, 6) is 0.790. The quantitative estimate of drug-likeness (QED) is 0.878. The molecule has 0 aliphatic carbocycles. The molecule has 0 aliphatic heterocycles. The number of benzene rings is 1. The number of thioether (sulfide) groups is 1. The topological polar surface area (TPSA) is 64.9 Å². The summed E-state index contributed by atoms with van der Waals surface area (Å²) in [6.45, 7) is 1.87. The van der Waals surface area contributed by atoms with E-state index in [-0.39, 0.29) is 16.7 Å². The Kier molecular flexibility index (Phi) is 4.34. The lowest BCUT2D eigenvalue weighted by Crippen LogP contribution is -2.13. The summed E-state index contributed by atoms with van der Waals surface area (Å²) >= 11 is -0.166. The summed E-state index contributed by atoms with van der Waals surface area (Å²) in [6.07, 6.45) is 0.598. The van der Waals surface area contributed by atoms with Crippen LogP contribution >= 0.6 is 11.8 Å². The van der Waals surface area contributed by atoms with Crippen molar-refractivity contribution in [1.82, 2.24) is 10.1 Å². The van der Waals surface area contributed by atoms with Crippen molar-refractivity contribution in [2.45, 2.75) is 29.8 Å². The van der Waals surface area contributed by atoms with Crippen LogP contribution in [0.1, 0.15) is 30.2 Å². The van der Waals surface area contributed by atoms with E-state index < -0.39 is 11.6 Å². The maximum atomic E-state index is 12.2. The van der Waals surface area contributed by atoms with E-state index in [0.717, 1.165) is 0 Å². The first kappa shape index (κ1) is 14.9. The fraction of sp³-hybridized carbons (Fsp3) is 0.333. The minimum Gasteiger partial charge on any atom is -0.339 e. The summed E-state index contributed by atoms with van der Waals surface area (Å²) in [7, 11) is 0. The van der Waals surface area contributed by atoms with E-state index in [1.807, 2.05) is 6.92 Å². The van der Waals surface area contributed by atoms with Gasteiger partial charge in [0.2, 0.25) is 5.89 Å². The summed E-state index contributed by atoms with van der Waals surface area (Å²) in [4.78, 5) is 4.21. The van der Waals surface area contributed by atoms with Gasteiger partial charge in [-0.3, -0.25) is 0 Å². The van der Waals surface area contributed by atoms with Gasteiger partial charge in [0.1, 0.15) is 0 Å². The SMILES string of the molecule is CCc1nc(C(N)c2ccc(SC(F)(F)F)cc2)no1. The number of nitrogens with two attached hydrogens (primary N) is 1. The van der Waals surface area contributed by atoms with Crippen molar-refractivity contribution in [2.75, 3.05) is 0 Å². The van der Waals surface area contributed by atoms with Gasteiger partial charge in [-0.25, -0.2) is 0 Å². The molecule has 108 valence electrons. The van der Waals surface area contributed by atoms with E-state index in [9.17, 15) is 13.2 Å². The predicted octanol–water partition coefficient (Wildman–Crippen LogP) is 3.29. The van der Waals surface area contributed by atoms with E-state index in [2.05, 4.69) is 10.1 Å². The largest absolute Gasteiger partial charge is 0.446 e. The molecule has 2 aromatic rings. The normalized spacial score (nSPS) is 13.4. The van der Waals surface area contributed by atoms with Crippen LogP contribution in [0.5, 0.6) is 0 Å². The highest BCUT2D eigenvalue weighted by Crippen LogP contribution is 2.37. The Balaban J connectivity index is 2.13. The van der Waals surface area contributed by atoms with Gasteiger partial charge in [-0.2, -0.15) is 18.2 Å². The van der Waals surface area contributed by atoms with Gasteiger partial charge in [0, 0.05) is 11.3 Å².